The summed E-state index contributed by atoms with van der Waals surface area (Å²) in [7, 11) is 1.17. The predicted molar refractivity (Wildman–Crippen MR) is 121 cm³/mol. The van der Waals surface area contributed by atoms with Crippen LogP contribution in [0.15, 0.2) is 47.4 Å². The smallest absolute Gasteiger partial charge is 0.328 e. The lowest BCUT2D eigenvalue weighted by Crippen LogP contribution is -2.42. The molecule has 1 fully saturated rings. The van der Waals surface area contributed by atoms with Gasteiger partial charge in [-0.1, -0.05) is 29.8 Å². The topological polar surface area (TPSA) is 102 Å². The first-order chi connectivity index (χ1) is 15.7. The van der Waals surface area contributed by atoms with Gasteiger partial charge in [0.1, 0.15) is 17.6 Å². The number of amides is 3. The highest BCUT2D eigenvalue weighted by Crippen LogP contribution is 2.35. The summed E-state index contributed by atoms with van der Waals surface area (Å²) in [6.45, 7) is 0.994. The van der Waals surface area contributed by atoms with Crippen molar-refractivity contribution in [1.82, 2.24) is 4.90 Å². The molecule has 0 bridgehead atoms. The third kappa shape index (κ3) is 5.71. The minimum absolute atomic E-state index is 0.0306. The number of hydrogen-bond acceptors (Lipinski definition) is 7. The van der Waals surface area contributed by atoms with Crippen molar-refractivity contribution in [3.8, 4) is 5.75 Å². The highest BCUT2D eigenvalue weighted by atomic mass is 35.5. The molecule has 1 aliphatic heterocycles. The molecule has 1 heterocycles. The number of nitrogens with zero attached hydrogens (tertiary/aromatic N) is 1. The lowest BCUT2D eigenvalue weighted by Gasteiger charge is -2.18. The third-order valence-electron chi connectivity index (χ3n) is 4.51. The minimum atomic E-state index is -1.05. The molecule has 2 aromatic rings. The highest BCUT2D eigenvalue weighted by molar-refractivity contribution is 8.18. The number of imide groups is 1. The molecule has 0 saturated carbocycles. The summed E-state index contributed by atoms with van der Waals surface area (Å²) >= 11 is 6.90. The molecule has 0 aliphatic carbocycles. The van der Waals surface area contributed by atoms with Crippen LogP contribution in [0.2, 0.25) is 5.02 Å². The summed E-state index contributed by atoms with van der Waals surface area (Å²) in [6.07, 6.45) is 1.45. The van der Waals surface area contributed by atoms with Gasteiger partial charge < -0.3 is 14.8 Å². The van der Waals surface area contributed by atoms with Gasteiger partial charge in [-0.15, -0.1) is 0 Å². The number of carbonyl (C=O) groups is 4. The fourth-order valence-corrected chi connectivity index (χ4v) is 4.01. The second-order valence-corrected chi connectivity index (χ2v) is 8.16. The maximum atomic E-state index is 13.6. The van der Waals surface area contributed by atoms with E-state index >= 15 is 0 Å². The van der Waals surface area contributed by atoms with Crippen molar-refractivity contribution in [2.75, 3.05) is 19.0 Å². The summed E-state index contributed by atoms with van der Waals surface area (Å²) in [5.74, 6) is -2.27. The van der Waals surface area contributed by atoms with E-state index in [1.165, 1.54) is 50.4 Å². The first-order valence-electron chi connectivity index (χ1n) is 9.53. The Morgan fingerprint density at radius 3 is 2.64 bits per heavy atom. The number of benzene rings is 2. The summed E-state index contributed by atoms with van der Waals surface area (Å²) in [5, 5.41) is 1.96. The van der Waals surface area contributed by atoms with E-state index in [2.05, 4.69) is 10.1 Å². The normalized spacial score (nSPS) is 15.5. The van der Waals surface area contributed by atoms with E-state index < -0.39 is 41.5 Å². The van der Waals surface area contributed by atoms with Crippen LogP contribution in [0.5, 0.6) is 5.75 Å². The molecule has 3 amide bonds. The van der Waals surface area contributed by atoms with E-state index in [0.717, 1.165) is 4.90 Å². The molecule has 3 rings (SSSR count). The van der Waals surface area contributed by atoms with Crippen LogP contribution in [-0.4, -0.2) is 47.7 Å². The van der Waals surface area contributed by atoms with Crippen LogP contribution in [0, 0.1) is 5.82 Å². The number of esters is 1. The van der Waals surface area contributed by atoms with E-state index in [1.807, 2.05) is 0 Å². The quantitative estimate of drug-likeness (QED) is 0.458. The van der Waals surface area contributed by atoms with E-state index in [0.29, 0.717) is 17.3 Å². The number of carbonyl (C=O) groups excluding carboxylic acids is 4. The Kier molecular flexibility index (Phi) is 7.72. The number of hydrogen-bond donors (Lipinski definition) is 1. The predicted octanol–water partition coefficient (Wildman–Crippen LogP) is 4.09. The molecule has 0 spiro atoms. The van der Waals surface area contributed by atoms with Gasteiger partial charge in [-0.3, -0.25) is 19.3 Å². The molecule has 0 aromatic heterocycles. The SMILES string of the molecule is COC(=O)C(C)N1C(=O)SC(=Cc2ccc(OCC(=O)Nc3ccccc3F)c(Cl)c2)C1=O. The summed E-state index contributed by atoms with van der Waals surface area (Å²) in [5.41, 5.74) is 0.530. The largest absolute Gasteiger partial charge is 0.482 e. The van der Waals surface area contributed by atoms with Gasteiger partial charge in [0, 0.05) is 0 Å². The Bertz CT molecular complexity index is 1160. The van der Waals surface area contributed by atoms with Crippen LogP contribution in [0.4, 0.5) is 14.9 Å². The van der Waals surface area contributed by atoms with E-state index in [4.69, 9.17) is 16.3 Å². The van der Waals surface area contributed by atoms with Crippen molar-refractivity contribution in [2.45, 2.75) is 13.0 Å². The summed E-state index contributed by atoms with van der Waals surface area (Å²) in [6, 6.07) is 9.23. The fraction of sp³-hybridized carbons (Fsp3) is 0.182. The molecule has 0 radical (unpaired) electrons. The number of halogens is 2. The first kappa shape index (κ1) is 24.3. The summed E-state index contributed by atoms with van der Waals surface area (Å²) < 4.78 is 23.6. The van der Waals surface area contributed by atoms with Crippen LogP contribution in [0.3, 0.4) is 0 Å². The Balaban J connectivity index is 1.66. The standard InChI is InChI=1S/C22H18ClFN2O6S/c1-12(21(29)31-2)26-20(28)18(33-22(26)30)10-13-7-8-17(14(23)9-13)32-11-19(27)25-16-6-4-3-5-15(16)24/h3-10,12H,11H2,1-2H3,(H,25,27). The lowest BCUT2D eigenvalue weighted by molar-refractivity contribution is -0.148. The highest BCUT2D eigenvalue weighted by Gasteiger charge is 2.41. The van der Waals surface area contributed by atoms with Crippen molar-refractivity contribution in [3.63, 3.8) is 0 Å². The molecule has 8 nitrogen and oxygen atoms in total. The van der Waals surface area contributed by atoms with Gasteiger partial charge in [-0.05, 0) is 54.6 Å². The maximum absolute atomic E-state index is 13.6. The molecule has 1 N–H and O–H groups in total. The monoisotopic (exact) mass is 492 g/mol. The van der Waals surface area contributed by atoms with Gasteiger partial charge in [0.2, 0.25) is 0 Å². The van der Waals surface area contributed by atoms with Gasteiger partial charge in [-0.25, -0.2) is 9.18 Å². The summed E-state index contributed by atoms with van der Waals surface area (Å²) in [4.78, 5) is 49.4. The van der Waals surface area contributed by atoms with Crippen molar-refractivity contribution in [3.05, 3.63) is 63.8 Å². The molecular formula is C22H18ClFN2O6S. The first-order valence-corrected chi connectivity index (χ1v) is 10.7. The average molecular weight is 493 g/mol. The van der Waals surface area contributed by atoms with Gasteiger partial charge >= 0.3 is 5.97 Å². The minimum Gasteiger partial charge on any atom is -0.482 e. The Morgan fingerprint density at radius 1 is 1.24 bits per heavy atom. The molecule has 11 heteroatoms. The molecule has 1 unspecified atom stereocenters. The van der Waals surface area contributed by atoms with Crippen molar-refractivity contribution < 1.29 is 33.0 Å². The fourth-order valence-electron chi connectivity index (χ4n) is 2.86. The van der Waals surface area contributed by atoms with Crippen molar-refractivity contribution in [2.24, 2.45) is 0 Å². The third-order valence-corrected chi connectivity index (χ3v) is 5.69. The Labute approximate surface area is 197 Å². The molecule has 1 saturated heterocycles. The number of methoxy groups -OCH3 is 1. The zero-order valence-corrected chi connectivity index (χ0v) is 19.0. The number of rotatable bonds is 7. The van der Waals surface area contributed by atoms with E-state index in [9.17, 15) is 23.6 Å². The van der Waals surface area contributed by atoms with E-state index in [-0.39, 0.29) is 21.4 Å². The van der Waals surface area contributed by atoms with Gasteiger partial charge in [-0.2, -0.15) is 0 Å². The Morgan fingerprint density at radius 2 is 1.97 bits per heavy atom. The molecule has 2 aromatic carbocycles. The van der Waals surface area contributed by atoms with Gasteiger partial charge in [0.15, 0.2) is 6.61 Å². The number of nitrogens with one attached hydrogen (secondary N) is 1. The zero-order chi connectivity index (χ0) is 24.1. The number of thioether (sulfide) groups is 1. The number of para-hydroxylation sites is 1. The van der Waals surface area contributed by atoms with Crippen molar-refractivity contribution in [1.29, 1.82) is 0 Å². The van der Waals surface area contributed by atoms with Crippen LogP contribution in [0.1, 0.15) is 12.5 Å². The van der Waals surface area contributed by atoms with E-state index in [1.54, 1.807) is 12.1 Å². The van der Waals surface area contributed by atoms with Crippen LogP contribution >= 0.6 is 23.4 Å². The average Bonchev–Trinajstić information content (AvgIpc) is 3.06. The molecule has 33 heavy (non-hydrogen) atoms. The van der Waals surface area contributed by atoms with Gasteiger partial charge in [0.25, 0.3) is 17.1 Å². The zero-order valence-electron chi connectivity index (χ0n) is 17.5. The number of ether oxygens (including phenoxy) is 2. The molecule has 172 valence electrons. The Hall–Kier alpha value is -3.37. The van der Waals surface area contributed by atoms with Gasteiger partial charge in [0.05, 0.1) is 22.7 Å². The second kappa shape index (κ2) is 10.5. The number of anilines is 1. The second-order valence-electron chi connectivity index (χ2n) is 6.76. The maximum Gasteiger partial charge on any atom is 0.328 e. The molecule has 1 aliphatic rings. The van der Waals surface area contributed by atoms with Crippen molar-refractivity contribution >= 4 is 58.1 Å². The van der Waals surface area contributed by atoms with Crippen LogP contribution in [0.25, 0.3) is 6.08 Å². The lowest BCUT2D eigenvalue weighted by atomic mass is 10.2. The molecular weight excluding hydrogens is 475 g/mol. The molecule has 1 atom stereocenters. The van der Waals surface area contributed by atoms with Crippen LogP contribution < -0.4 is 10.1 Å². The van der Waals surface area contributed by atoms with Crippen LogP contribution in [-0.2, 0) is 19.1 Å².